The van der Waals surface area contributed by atoms with Crippen molar-refractivity contribution in [3.63, 3.8) is 0 Å². The van der Waals surface area contributed by atoms with Crippen molar-refractivity contribution in [2.24, 2.45) is 0 Å². The van der Waals surface area contributed by atoms with Crippen LogP contribution in [-0.2, 0) is 0 Å². The van der Waals surface area contributed by atoms with Crippen molar-refractivity contribution >= 4 is 54.1 Å². The van der Waals surface area contributed by atoms with Crippen LogP contribution in [0.3, 0.4) is 0 Å². The Morgan fingerprint density at radius 1 is 0.432 bits per heavy atom. The van der Waals surface area contributed by atoms with Crippen LogP contribution in [0.4, 0.5) is 0 Å². The first-order valence-corrected chi connectivity index (χ1v) is 12.6. The van der Waals surface area contributed by atoms with Gasteiger partial charge in [0.15, 0.2) is 0 Å². The first kappa shape index (κ1) is 19.3. The summed E-state index contributed by atoms with van der Waals surface area (Å²) < 4.78 is 15.8. The van der Waals surface area contributed by atoms with Crippen LogP contribution < -0.4 is 0 Å². The van der Waals surface area contributed by atoms with Crippen LogP contribution in [0.1, 0.15) is 1.37 Å². The zero-order valence-corrected chi connectivity index (χ0v) is 20.0. The number of hydrogen-bond donors (Lipinski definition) is 0. The molecular formula is C36H22O. The van der Waals surface area contributed by atoms with Gasteiger partial charge in [-0.25, -0.2) is 0 Å². The fraction of sp³-hybridized carbons (Fsp3) is 0. The van der Waals surface area contributed by atoms with E-state index < -0.39 is 0 Å². The molecule has 0 unspecified atom stereocenters. The van der Waals surface area contributed by atoms with Crippen molar-refractivity contribution in [3.05, 3.63) is 134 Å². The molecule has 1 heteroatoms. The average Bonchev–Trinajstić information content (AvgIpc) is 3.40. The highest BCUT2D eigenvalue weighted by molar-refractivity contribution is 6.18. The molecule has 0 radical (unpaired) electrons. The van der Waals surface area contributed by atoms with Crippen LogP contribution in [0.2, 0.25) is 0 Å². The fourth-order valence-corrected chi connectivity index (χ4v) is 5.75. The standard InChI is InChI=1S/C36H22O/c1-2-8-23(9-3-1)33-20-27-18-25-11-4-5-12-26(25)19-28(27)21-34(33)35-22-37-36-31-15-14-24-10-6-7-13-29(24)30(31)16-17-32(35)36/h1-22H/i21D. The van der Waals surface area contributed by atoms with Gasteiger partial charge in [0, 0.05) is 16.3 Å². The lowest BCUT2D eigenvalue weighted by Crippen LogP contribution is -1.87. The molecule has 0 fully saturated rings. The minimum Gasteiger partial charge on any atom is -0.463 e. The number of hydrogen-bond acceptors (Lipinski definition) is 1. The molecular weight excluding hydrogens is 448 g/mol. The molecule has 7 aromatic carbocycles. The van der Waals surface area contributed by atoms with E-state index in [1.165, 1.54) is 21.5 Å². The van der Waals surface area contributed by atoms with Gasteiger partial charge in [0.05, 0.1) is 7.63 Å². The molecule has 1 nitrogen and oxygen atoms in total. The lowest BCUT2D eigenvalue weighted by molar-refractivity contribution is 0.620. The topological polar surface area (TPSA) is 13.1 Å². The van der Waals surface area contributed by atoms with Gasteiger partial charge in [-0.05, 0) is 90.8 Å². The molecule has 1 aromatic heterocycles. The van der Waals surface area contributed by atoms with E-state index >= 15 is 0 Å². The van der Waals surface area contributed by atoms with Gasteiger partial charge in [0.2, 0.25) is 0 Å². The lowest BCUT2D eigenvalue weighted by atomic mass is 9.90. The summed E-state index contributed by atoms with van der Waals surface area (Å²) in [6.45, 7) is 0. The molecule has 8 rings (SSSR count). The minimum absolute atomic E-state index is 0.522. The molecule has 0 N–H and O–H groups in total. The average molecular weight is 472 g/mol. The monoisotopic (exact) mass is 471 g/mol. The second-order valence-electron chi connectivity index (χ2n) is 9.68. The van der Waals surface area contributed by atoms with Gasteiger partial charge < -0.3 is 4.42 Å². The quantitative estimate of drug-likeness (QED) is 0.180. The molecule has 0 saturated carbocycles. The Kier molecular flexibility index (Phi) is 4.08. The molecule has 0 saturated heterocycles. The van der Waals surface area contributed by atoms with E-state index in [1.54, 1.807) is 0 Å². The maximum Gasteiger partial charge on any atom is 0.142 e. The molecule has 0 spiro atoms. The van der Waals surface area contributed by atoms with E-state index in [4.69, 9.17) is 4.42 Å². The molecule has 0 amide bonds. The van der Waals surface area contributed by atoms with Crippen LogP contribution in [0, 0.1) is 0 Å². The second kappa shape index (κ2) is 7.81. The van der Waals surface area contributed by atoms with Gasteiger partial charge in [-0.1, -0.05) is 91.0 Å². The van der Waals surface area contributed by atoms with Crippen molar-refractivity contribution in [1.29, 1.82) is 0 Å². The van der Waals surface area contributed by atoms with Crippen molar-refractivity contribution in [2.45, 2.75) is 0 Å². The Hall–Kier alpha value is -4.88. The third-order valence-electron chi connectivity index (χ3n) is 7.56. The van der Waals surface area contributed by atoms with Gasteiger partial charge >= 0.3 is 0 Å². The van der Waals surface area contributed by atoms with E-state index in [2.05, 4.69) is 115 Å². The summed E-state index contributed by atoms with van der Waals surface area (Å²) in [6.07, 6.45) is 1.84. The Morgan fingerprint density at radius 3 is 1.95 bits per heavy atom. The first-order chi connectivity index (χ1) is 18.8. The van der Waals surface area contributed by atoms with E-state index in [1.807, 2.05) is 12.3 Å². The van der Waals surface area contributed by atoms with E-state index in [0.717, 1.165) is 54.8 Å². The van der Waals surface area contributed by atoms with Gasteiger partial charge in [-0.2, -0.15) is 0 Å². The molecule has 0 aliphatic heterocycles. The molecule has 0 aliphatic rings. The number of rotatable bonds is 2. The third-order valence-corrected chi connectivity index (χ3v) is 7.56. The van der Waals surface area contributed by atoms with E-state index in [-0.39, 0.29) is 0 Å². The fourth-order valence-electron chi connectivity index (χ4n) is 5.75. The number of fused-ring (bicyclic) bond motifs is 7. The molecule has 8 aromatic rings. The SMILES string of the molecule is [2H]c1c(-c2coc3c2ccc2c4ccccc4ccc23)c(-c2ccccc2)cc2cc3ccccc3cc12. The normalized spacial score (nSPS) is 12.2. The predicted molar refractivity (Wildman–Crippen MR) is 157 cm³/mol. The molecule has 0 aliphatic carbocycles. The van der Waals surface area contributed by atoms with Gasteiger partial charge in [-0.3, -0.25) is 0 Å². The van der Waals surface area contributed by atoms with Crippen LogP contribution in [0.5, 0.6) is 0 Å². The molecule has 37 heavy (non-hydrogen) atoms. The predicted octanol–water partition coefficient (Wildman–Crippen LogP) is 10.4. The molecule has 1 heterocycles. The van der Waals surface area contributed by atoms with Crippen LogP contribution >= 0.6 is 0 Å². The van der Waals surface area contributed by atoms with Crippen LogP contribution in [0.15, 0.2) is 138 Å². The first-order valence-electron chi connectivity index (χ1n) is 13.1. The molecule has 0 bridgehead atoms. The lowest BCUT2D eigenvalue weighted by Gasteiger charge is -2.13. The number of furan rings is 1. The van der Waals surface area contributed by atoms with Crippen LogP contribution in [0.25, 0.3) is 76.3 Å². The Bertz CT molecular complexity index is 2190. The highest BCUT2D eigenvalue weighted by atomic mass is 16.3. The maximum absolute atomic E-state index is 9.49. The van der Waals surface area contributed by atoms with Crippen molar-refractivity contribution < 1.29 is 5.79 Å². The highest BCUT2D eigenvalue weighted by Crippen LogP contribution is 2.42. The van der Waals surface area contributed by atoms with E-state index in [9.17, 15) is 1.37 Å². The Morgan fingerprint density at radius 2 is 1.11 bits per heavy atom. The van der Waals surface area contributed by atoms with Crippen molar-refractivity contribution in [1.82, 2.24) is 0 Å². The third kappa shape index (κ3) is 3.11. The summed E-state index contributed by atoms with van der Waals surface area (Å²) in [5, 5.41) is 10.1. The van der Waals surface area contributed by atoms with Crippen LogP contribution in [-0.4, -0.2) is 0 Å². The van der Waals surface area contributed by atoms with Gasteiger partial charge in [0.1, 0.15) is 5.58 Å². The largest absolute Gasteiger partial charge is 0.463 e. The van der Waals surface area contributed by atoms with E-state index in [0.29, 0.717) is 6.04 Å². The van der Waals surface area contributed by atoms with Gasteiger partial charge in [-0.15, -0.1) is 0 Å². The highest BCUT2D eigenvalue weighted by Gasteiger charge is 2.17. The zero-order chi connectivity index (χ0) is 25.2. The summed E-state index contributed by atoms with van der Waals surface area (Å²) in [7, 11) is 0. The summed E-state index contributed by atoms with van der Waals surface area (Å²) >= 11 is 0. The second-order valence-corrected chi connectivity index (χ2v) is 9.68. The molecule has 172 valence electrons. The van der Waals surface area contributed by atoms with Crippen molar-refractivity contribution in [2.75, 3.05) is 0 Å². The molecule has 0 atom stereocenters. The summed E-state index contributed by atoms with van der Waals surface area (Å²) in [5.41, 5.74) is 4.85. The maximum atomic E-state index is 9.49. The van der Waals surface area contributed by atoms with Crippen molar-refractivity contribution in [3.8, 4) is 22.3 Å². The summed E-state index contributed by atoms with van der Waals surface area (Å²) in [6, 6.07) is 43.0. The minimum atomic E-state index is 0.522. The van der Waals surface area contributed by atoms with Gasteiger partial charge in [0.25, 0.3) is 0 Å². The number of benzene rings is 7. The smallest absolute Gasteiger partial charge is 0.142 e. The zero-order valence-electron chi connectivity index (χ0n) is 21.0. The Labute approximate surface area is 215 Å². The summed E-state index contributed by atoms with van der Waals surface area (Å²) in [5.74, 6) is 0. The summed E-state index contributed by atoms with van der Waals surface area (Å²) in [4.78, 5) is 0. The Balaban J connectivity index is 1.47.